The zero-order valence-corrected chi connectivity index (χ0v) is 7.53. The molecular weight excluding hydrogens is 167 g/mol. The minimum atomic E-state index is -2.30. The standard InChI is InChI=1S/C5H11N2O3P/c1-6-3-4-7(5(6)8)11(9)10-2/h11H,3-4H2,1-2H3. The number of hydrogen-bond acceptors (Lipinski definition) is 3. The number of amides is 2. The molecule has 0 spiro atoms. The topological polar surface area (TPSA) is 49.9 Å². The van der Waals surface area contributed by atoms with Gasteiger partial charge in [0, 0.05) is 27.2 Å². The van der Waals surface area contributed by atoms with E-state index in [4.69, 9.17) is 0 Å². The van der Waals surface area contributed by atoms with Crippen molar-refractivity contribution in [1.29, 1.82) is 0 Å². The van der Waals surface area contributed by atoms with Crippen molar-refractivity contribution in [3.63, 3.8) is 0 Å². The highest BCUT2D eigenvalue weighted by Crippen LogP contribution is 2.30. The summed E-state index contributed by atoms with van der Waals surface area (Å²) in [5, 5.41) is 0. The number of likely N-dealkylation sites (N-methyl/N-ethyl adjacent to an activating group) is 1. The number of nitrogens with zero attached hydrogens (tertiary/aromatic N) is 2. The van der Waals surface area contributed by atoms with Crippen molar-refractivity contribution >= 4 is 14.2 Å². The lowest BCUT2D eigenvalue weighted by molar-refractivity contribution is 0.212. The first-order chi connectivity index (χ1) is 5.16. The van der Waals surface area contributed by atoms with Gasteiger partial charge >= 0.3 is 6.03 Å². The van der Waals surface area contributed by atoms with Gasteiger partial charge in [0.25, 0.3) is 8.18 Å². The van der Waals surface area contributed by atoms with Crippen LogP contribution in [0.5, 0.6) is 0 Å². The predicted molar refractivity (Wildman–Crippen MR) is 40.7 cm³/mol. The van der Waals surface area contributed by atoms with E-state index in [1.54, 1.807) is 7.05 Å². The molecule has 1 aliphatic rings. The van der Waals surface area contributed by atoms with Crippen LogP contribution >= 0.6 is 8.18 Å². The van der Waals surface area contributed by atoms with Crippen LogP contribution in [0.4, 0.5) is 4.79 Å². The van der Waals surface area contributed by atoms with E-state index in [-0.39, 0.29) is 6.03 Å². The Morgan fingerprint density at radius 3 is 2.55 bits per heavy atom. The van der Waals surface area contributed by atoms with Crippen molar-refractivity contribution in [1.82, 2.24) is 9.57 Å². The summed E-state index contributed by atoms with van der Waals surface area (Å²) in [5.74, 6) is 0. The van der Waals surface area contributed by atoms with Gasteiger partial charge in [-0.3, -0.25) is 9.24 Å². The molecule has 0 aromatic heterocycles. The average Bonchev–Trinajstić information content (AvgIpc) is 2.32. The Balaban J connectivity index is 2.62. The maximum absolute atomic E-state index is 11.1. The SMILES string of the molecule is CO[PH](=O)N1CCN(C)C1=O. The molecular formula is C5H11N2O3P. The molecule has 0 saturated carbocycles. The first-order valence-corrected chi connectivity index (χ1v) is 4.53. The molecule has 0 aliphatic carbocycles. The number of carbonyl (C=O) groups is 1. The third kappa shape index (κ3) is 1.54. The monoisotopic (exact) mass is 178 g/mol. The Hall–Kier alpha value is -0.540. The zero-order chi connectivity index (χ0) is 8.43. The van der Waals surface area contributed by atoms with E-state index in [2.05, 4.69) is 4.52 Å². The van der Waals surface area contributed by atoms with E-state index in [0.717, 1.165) is 0 Å². The highest BCUT2D eigenvalue weighted by atomic mass is 31.1. The molecule has 1 atom stereocenters. The van der Waals surface area contributed by atoms with Crippen LogP contribution < -0.4 is 0 Å². The first-order valence-electron chi connectivity index (χ1n) is 3.27. The smallest absolute Gasteiger partial charge is 0.326 e. The van der Waals surface area contributed by atoms with Crippen molar-refractivity contribution in [3.8, 4) is 0 Å². The average molecular weight is 178 g/mol. The van der Waals surface area contributed by atoms with Crippen LogP contribution in [0, 0.1) is 0 Å². The number of carbonyl (C=O) groups excluding carboxylic acids is 1. The highest BCUT2D eigenvalue weighted by Gasteiger charge is 2.28. The van der Waals surface area contributed by atoms with Gasteiger partial charge in [-0.25, -0.2) is 4.79 Å². The Kier molecular flexibility index (Phi) is 2.52. The van der Waals surface area contributed by atoms with Gasteiger partial charge < -0.3 is 9.42 Å². The second kappa shape index (κ2) is 3.24. The third-order valence-electron chi connectivity index (χ3n) is 1.61. The van der Waals surface area contributed by atoms with Crippen molar-refractivity contribution in [3.05, 3.63) is 0 Å². The number of urea groups is 1. The van der Waals surface area contributed by atoms with Crippen molar-refractivity contribution < 1.29 is 13.9 Å². The molecule has 1 unspecified atom stereocenters. The largest absolute Gasteiger partial charge is 0.326 e. The van der Waals surface area contributed by atoms with E-state index in [9.17, 15) is 9.36 Å². The molecule has 1 rings (SSSR count). The van der Waals surface area contributed by atoms with Gasteiger partial charge in [0.2, 0.25) is 0 Å². The second-order valence-electron chi connectivity index (χ2n) is 2.33. The van der Waals surface area contributed by atoms with Crippen LogP contribution in [0.25, 0.3) is 0 Å². The van der Waals surface area contributed by atoms with Gasteiger partial charge in [-0.2, -0.15) is 0 Å². The summed E-state index contributed by atoms with van der Waals surface area (Å²) in [6.45, 7) is 1.12. The normalized spacial score (nSPS) is 21.1. The quantitative estimate of drug-likeness (QED) is 0.574. The Morgan fingerprint density at radius 2 is 2.18 bits per heavy atom. The summed E-state index contributed by atoms with van der Waals surface area (Å²) in [5.41, 5.74) is 0. The van der Waals surface area contributed by atoms with E-state index in [1.165, 1.54) is 16.7 Å². The van der Waals surface area contributed by atoms with Crippen LogP contribution in [0.15, 0.2) is 0 Å². The summed E-state index contributed by atoms with van der Waals surface area (Å²) in [4.78, 5) is 12.6. The minimum Gasteiger partial charge on any atom is -0.326 e. The van der Waals surface area contributed by atoms with Crippen LogP contribution in [0.3, 0.4) is 0 Å². The van der Waals surface area contributed by atoms with Crippen LogP contribution in [-0.4, -0.2) is 42.8 Å². The molecule has 6 heteroatoms. The summed E-state index contributed by atoms with van der Waals surface area (Å²) in [7, 11) is 0.718. The molecule has 11 heavy (non-hydrogen) atoms. The fourth-order valence-electron chi connectivity index (χ4n) is 0.927. The number of hydrogen-bond donors (Lipinski definition) is 0. The molecule has 0 N–H and O–H groups in total. The van der Waals surface area contributed by atoms with E-state index in [1.807, 2.05) is 0 Å². The van der Waals surface area contributed by atoms with Crippen molar-refractivity contribution in [2.75, 3.05) is 27.2 Å². The summed E-state index contributed by atoms with van der Waals surface area (Å²) >= 11 is 0. The molecule has 0 radical (unpaired) electrons. The maximum Gasteiger partial charge on any atom is 0.326 e. The van der Waals surface area contributed by atoms with E-state index < -0.39 is 8.18 Å². The Labute approximate surface area is 65.8 Å². The van der Waals surface area contributed by atoms with Gasteiger partial charge in [0.1, 0.15) is 0 Å². The number of rotatable bonds is 2. The summed E-state index contributed by atoms with van der Waals surface area (Å²) < 4.78 is 16.8. The second-order valence-corrected chi connectivity index (χ2v) is 3.81. The molecule has 0 bridgehead atoms. The first kappa shape index (κ1) is 8.56. The molecule has 0 aromatic rings. The minimum absolute atomic E-state index is 0.212. The van der Waals surface area contributed by atoms with Crippen molar-refractivity contribution in [2.24, 2.45) is 0 Å². The van der Waals surface area contributed by atoms with Crippen LogP contribution in [0.2, 0.25) is 0 Å². The van der Waals surface area contributed by atoms with Gasteiger partial charge in [-0.05, 0) is 0 Å². The van der Waals surface area contributed by atoms with Gasteiger partial charge in [0.15, 0.2) is 0 Å². The van der Waals surface area contributed by atoms with E-state index >= 15 is 0 Å². The summed E-state index contributed by atoms with van der Waals surface area (Å²) in [6.07, 6.45) is 0. The van der Waals surface area contributed by atoms with Crippen LogP contribution in [-0.2, 0) is 9.09 Å². The lowest BCUT2D eigenvalue weighted by atomic mass is 10.7. The molecule has 1 heterocycles. The van der Waals surface area contributed by atoms with Gasteiger partial charge in [-0.15, -0.1) is 0 Å². The van der Waals surface area contributed by atoms with Gasteiger partial charge in [-0.1, -0.05) is 0 Å². The molecule has 0 aromatic carbocycles. The Morgan fingerprint density at radius 1 is 1.55 bits per heavy atom. The predicted octanol–water partition coefficient (Wildman–Crippen LogP) is 0.390. The third-order valence-corrected chi connectivity index (χ3v) is 2.82. The highest BCUT2D eigenvalue weighted by molar-refractivity contribution is 7.37. The van der Waals surface area contributed by atoms with Gasteiger partial charge in [0.05, 0.1) is 0 Å². The fourth-order valence-corrected chi connectivity index (χ4v) is 1.76. The molecule has 1 saturated heterocycles. The molecule has 1 fully saturated rings. The maximum atomic E-state index is 11.1. The van der Waals surface area contributed by atoms with E-state index in [0.29, 0.717) is 13.1 Å². The summed E-state index contributed by atoms with van der Waals surface area (Å²) in [6, 6.07) is -0.212. The fraction of sp³-hybridized carbons (Fsp3) is 0.800. The zero-order valence-electron chi connectivity index (χ0n) is 6.53. The van der Waals surface area contributed by atoms with Crippen molar-refractivity contribution in [2.45, 2.75) is 0 Å². The molecule has 2 amide bonds. The lowest BCUT2D eigenvalue weighted by Gasteiger charge is -2.13. The Bertz CT molecular complexity index is 196. The molecule has 64 valence electrons. The molecule has 1 aliphatic heterocycles. The lowest BCUT2D eigenvalue weighted by Crippen LogP contribution is -2.24. The molecule has 5 nitrogen and oxygen atoms in total. The van der Waals surface area contributed by atoms with Crippen LogP contribution in [0.1, 0.15) is 0 Å².